The standard InChI is InChI=1S/C13H14Cl2O/c14-12-2-1-3-13(15)11(12)8-10(16)7-6-9-4-5-9/h1-3,9H,4-8H2. The van der Waals surface area contributed by atoms with Crippen molar-refractivity contribution in [2.75, 3.05) is 0 Å². The minimum Gasteiger partial charge on any atom is -0.299 e. The molecule has 0 bridgehead atoms. The summed E-state index contributed by atoms with van der Waals surface area (Å²) in [6.45, 7) is 0. The van der Waals surface area contributed by atoms with Gasteiger partial charge in [-0.2, -0.15) is 0 Å². The molecule has 0 N–H and O–H groups in total. The highest BCUT2D eigenvalue weighted by Crippen LogP contribution is 2.34. The summed E-state index contributed by atoms with van der Waals surface area (Å²) in [5, 5.41) is 1.18. The lowest BCUT2D eigenvalue weighted by molar-refractivity contribution is -0.118. The SMILES string of the molecule is O=C(CCC1CC1)Cc1c(Cl)cccc1Cl. The maximum absolute atomic E-state index is 11.7. The summed E-state index contributed by atoms with van der Waals surface area (Å²) in [6.07, 6.45) is 4.64. The molecule has 1 aromatic rings. The van der Waals surface area contributed by atoms with Gasteiger partial charge in [0.15, 0.2) is 0 Å². The van der Waals surface area contributed by atoms with E-state index in [4.69, 9.17) is 23.2 Å². The second-order valence-electron chi connectivity index (χ2n) is 4.40. The molecule has 1 fully saturated rings. The van der Waals surface area contributed by atoms with Gasteiger partial charge < -0.3 is 0 Å². The van der Waals surface area contributed by atoms with E-state index in [0.29, 0.717) is 22.9 Å². The smallest absolute Gasteiger partial charge is 0.137 e. The minimum absolute atomic E-state index is 0.238. The van der Waals surface area contributed by atoms with E-state index in [0.717, 1.165) is 17.9 Å². The molecule has 16 heavy (non-hydrogen) atoms. The Hall–Kier alpha value is -0.530. The number of hydrogen-bond donors (Lipinski definition) is 0. The molecule has 2 rings (SSSR count). The van der Waals surface area contributed by atoms with Gasteiger partial charge in [0.25, 0.3) is 0 Å². The quantitative estimate of drug-likeness (QED) is 0.768. The average molecular weight is 257 g/mol. The van der Waals surface area contributed by atoms with Gasteiger partial charge in [-0.05, 0) is 30.0 Å². The predicted octanol–water partition coefficient (Wildman–Crippen LogP) is 4.30. The fraction of sp³-hybridized carbons (Fsp3) is 0.462. The van der Waals surface area contributed by atoms with Crippen LogP contribution in [0.1, 0.15) is 31.2 Å². The summed E-state index contributed by atoms with van der Waals surface area (Å²) >= 11 is 12.0. The first-order valence-electron chi connectivity index (χ1n) is 5.61. The van der Waals surface area contributed by atoms with Crippen LogP contribution in [0.25, 0.3) is 0 Å². The molecule has 86 valence electrons. The number of halogens is 2. The van der Waals surface area contributed by atoms with Crippen molar-refractivity contribution < 1.29 is 4.79 Å². The summed E-state index contributed by atoms with van der Waals surface area (Å²) in [4.78, 5) is 11.7. The van der Waals surface area contributed by atoms with E-state index in [9.17, 15) is 4.79 Å². The Balaban J connectivity index is 1.93. The molecule has 0 aromatic heterocycles. The first-order valence-corrected chi connectivity index (χ1v) is 6.37. The largest absolute Gasteiger partial charge is 0.299 e. The van der Waals surface area contributed by atoms with E-state index in [-0.39, 0.29) is 5.78 Å². The molecule has 0 unspecified atom stereocenters. The molecule has 1 aliphatic rings. The molecule has 0 radical (unpaired) electrons. The highest BCUT2D eigenvalue weighted by molar-refractivity contribution is 6.36. The predicted molar refractivity (Wildman–Crippen MR) is 67.1 cm³/mol. The number of carbonyl (C=O) groups is 1. The van der Waals surface area contributed by atoms with Crippen molar-refractivity contribution in [1.29, 1.82) is 0 Å². The zero-order valence-electron chi connectivity index (χ0n) is 9.01. The first kappa shape index (κ1) is 11.9. The van der Waals surface area contributed by atoms with Gasteiger partial charge >= 0.3 is 0 Å². The first-order chi connectivity index (χ1) is 7.66. The lowest BCUT2D eigenvalue weighted by Crippen LogP contribution is -2.04. The molecule has 0 saturated heterocycles. The fourth-order valence-corrected chi connectivity index (χ4v) is 2.29. The van der Waals surface area contributed by atoms with Crippen LogP contribution >= 0.6 is 23.2 Å². The van der Waals surface area contributed by atoms with Gasteiger partial charge in [0.2, 0.25) is 0 Å². The van der Waals surface area contributed by atoms with Crippen molar-refractivity contribution in [2.24, 2.45) is 5.92 Å². The summed E-state index contributed by atoms with van der Waals surface area (Å²) in [6, 6.07) is 5.34. The van der Waals surface area contributed by atoms with Crippen molar-refractivity contribution in [3.8, 4) is 0 Å². The molecule has 0 aliphatic heterocycles. The van der Waals surface area contributed by atoms with Gasteiger partial charge in [-0.25, -0.2) is 0 Å². The van der Waals surface area contributed by atoms with Crippen molar-refractivity contribution in [2.45, 2.75) is 32.1 Å². The summed E-state index contributed by atoms with van der Waals surface area (Å²) in [5.74, 6) is 1.03. The third kappa shape index (κ3) is 3.23. The lowest BCUT2D eigenvalue weighted by Gasteiger charge is -2.05. The van der Waals surface area contributed by atoms with Crippen LogP contribution < -0.4 is 0 Å². The van der Waals surface area contributed by atoms with Gasteiger partial charge in [-0.1, -0.05) is 42.1 Å². The lowest BCUT2D eigenvalue weighted by atomic mass is 10.0. The molecule has 1 aromatic carbocycles. The van der Waals surface area contributed by atoms with Crippen LogP contribution in [0.4, 0.5) is 0 Å². The van der Waals surface area contributed by atoms with Crippen molar-refractivity contribution in [3.63, 3.8) is 0 Å². The maximum atomic E-state index is 11.7. The second-order valence-corrected chi connectivity index (χ2v) is 5.21. The minimum atomic E-state index is 0.238. The van der Waals surface area contributed by atoms with Crippen molar-refractivity contribution in [1.82, 2.24) is 0 Å². The topological polar surface area (TPSA) is 17.1 Å². The molecule has 0 spiro atoms. The summed E-state index contributed by atoms with van der Waals surface area (Å²) < 4.78 is 0. The average Bonchev–Trinajstić information content (AvgIpc) is 3.04. The van der Waals surface area contributed by atoms with Crippen LogP contribution in [-0.4, -0.2) is 5.78 Å². The third-order valence-corrected chi connectivity index (χ3v) is 3.67. The second kappa shape index (κ2) is 5.20. The van der Waals surface area contributed by atoms with Crippen LogP contribution in [0, 0.1) is 5.92 Å². The monoisotopic (exact) mass is 256 g/mol. The molecule has 1 nitrogen and oxygen atoms in total. The Morgan fingerprint density at radius 3 is 2.44 bits per heavy atom. The normalized spacial score (nSPS) is 15.1. The van der Waals surface area contributed by atoms with E-state index in [1.165, 1.54) is 12.8 Å². The number of Topliss-reactive ketones (excluding diaryl/α,β-unsaturated/α-hetero) is 1. The van der Waals surface area contributed by atoms with Crippen molar-refractivity contribution in [3.05, 3.63) is 33.8 Å². The molecular weight excluding hydrogens is 243 g/mol. The van der Waals surface area contributed by atoms with E-state index in [2.05, 4.69) is 0 Å². The van der Waals surface area contributed by atoms with E-state index in [1.54, 1.807) is 18.2 Å². The third-order valence-electron chi connectivity index (χ3n) is 2.96. The Kier molecular flexibility index (Phi) is 3.88. The Labute approximate surface area is 106 Å². The molecule has 0 atom stereocenters. The Morgan fingerprint density at radius 2 is 1.88 bits per heavy atom. The number of ketones is 1. The van der Waals surface area contributed by atoms with Crippen LogP contribution in [0.15, 0.2) is 18.2 Å². The van der Waals surface area contributed by atoms with Crippen LogP contribution in [0.2, 0.25) is 10.0 Å². The zero-order valence-corrected chi connectivity index (χ0v) is 10.5. The number of carbonyl (C=O) groups excluding carboxylic acids is 1. The van der Waals surface area contributed by atoms with E-state index in [1.807, 2.05) is 0 Å². The molecule has 0 heterocycles. The molecule has 3 heteroatoms. The zero-order chi connectivity index (χ0) is 11.5. The molecule has 1 saturated carbocycles. The van der Waals surface area contributed by atoms with Crippen molar-refractivity contribution >= 4 is 29.0 Å². The van der Waals surface area contributed by atoms with E-state index >= 15 is 0 Å². The van der Waals surface area contributed by atoms with Gasteiger partial charge in [0.05, 0.1) is 0 Å². The molecule has 0 amide bonds. The summed E-state index contributed by atoms with van der Waals surface area (Å²) in [5.41, 5.74) is 0.770. The highest BCUT2D eigenvalue weighted by atomic mass is 35.5. The molecular formula is C13H14Cl2O. The van der Waals surface area contributed by atoms with Crippen LogP contribution in [-0.2, 0) is 11.2 Å². The number of hydrogen-bond acceptors (Lipinski definition) is 1. The highest BCUT2D eigenvalue weighted by Gasteiger charge is 2.22. The van der Waals surface area contributed by atoms with Gasteiger partial charge in [-0.3, -0.25) is 4.79 Å². The Bertz CT molecular complexity index is 377. The van der Waals surface area contributed by atoms with Gasteiger partial charge in [0.1, 0.15) is 5.78 Å². The number of rotatable bonds is 5. The van der Waals surface area contributed by atoms with Gasteiger partial charge in [0, 0.05) is 22.9 Å². The number of benzene rings is 1. The van der Waals surface area contributed by atoms with Crippen LogP contribution in [0.3, 0.4) is 0 Å². The fourth-order valence-electron chi connectivity index (χ4n) is 1.76. The molecule has 1 aliphatic carbocycles. The van der Waals surface area contributed by atoms with Crippen LogP contribution in [0.5, 0.6) is 0 Å². The van der Waals surface area contributed by atoms with E-state index < -0.39 is 0 Å². The summed E-state index contributed by atoms with van der Waals surface area (Å²) in [7, 11) is 0. The Morgan fingerprint density at radius 1 is 1.25 bits per heavy atom. The van der Waals surface area contributed by atoms with Gasteiger partial charge in [-0.15, -0.1) is 0 Å². The maximum Gasteiger partial charge on any atom is 0.137 e.